The average Bonchev–Trinajstić information content (AvgIpc) is 2.56. The van der Waals surface area contributed by atoms with Crippen molar-refractivity contribution in [2.45, 2.75) is 13.8 Å². The van der Waals surface area contributed by atoms with E-state index in [1.54, 1.807) is 18.2 Å². The first-order valence-corrected chi connectivity index (χ1v) is 7.89. The summed E-state index contributed by atoms with van der Waals surface area (Å²) in [6.07, 6.45) is 0. The van der Waals surface area contributed by atoms with Gasteiger partial charge in [0.1, 0.15) is 5.75 Å². The molecule has 0 aliphatic rings. The Balaban J connectivity index is 2.19. The Morgan fingerprint density at radius 2 is 1.96 bits per heavy atom. The van der Waals surface area contributed by atoms with Crippen LogP contribution in [0.1, 0.15) is 24.2 Å². The fourth-order valence-corrected chi connectivity index (χ4v) is 2.16. The number of rotatable bonds is 6. The lowest BCUT2D eigenvalue weighted by atomic mass is 10.1. The van der Waals surface area contributed by atoms with Gasteiger partial charge < -0.3 is 19.9 Å². The van der Waals surface area contributed by atoms with Gasteiger partial charge in [0.15, 0.2) is 11.5 Å². The molecular weight excluding hydrogens is 330 g/mol. The number of hydrogen-bond acceptors (Lipinski definition) is 4. The zero-order valence-corrected chi connectivity index (χ0v) is 14.6. The van der Waals surface area contributed by atoms with E-state index in [-0.39, 0.29) is 17.3 Å². The molecule has 2 aromatic rings. The topological polar surface area (TPSA) is 67.8 Å². The number of halogens is 1. The van der Waals surface area contributed by atoms with Gasteiger partial charge in [-0.2, -0.15) is 0 Å². The van der Waals surface area contributed by atoms with Crippen LogP contribution in [-0.4, -0.2) is 24.7 Å². The number of nitrogens with one attached hydrogen (secondary N) is 1. The third-order valence-electron chi connectivity index (χ3n) is 3.20. The van der Waals surface area contributed by atoms with Crippen LogP contribution in [0.5, 0.6) is 17.2 Å². The van der Waals surface area contributed by atoms with Gasteiger partial charge in [-0.3, -0.25) is 4.79 Å². The molecule has 0 radical (unpaired) electrons. The molecule has 0 fully saturated rings. The molecule has 2 N–H and O–H groups in total. The van der Waals surface area contributed by atoms with Crippen LogP contribution in [0, 0.1) is 5.92 Å². The number of anilines is 1. The summed E-state index contributed by atoms with van der Waals surface area (Å²) in [5, 5.41) is 12.8. The number of ether oxygens (including phenoxy) is 2. The van der Waals surface area contributed by atoms with Crippen LogP contribution in [-0.2, 0) is 0 Å². The second-order valence-electron chi connectivity index (χ2n) is 5.69. The predicted molar refractivity (Wildman–Crippen MR) is 94.4 cm³/mol. The number of benzene rings is 2. The second kappa shape index (κ2) is 7.93. The molecule has 0 bridgehead atoms. The van der Waals surface area contributed by atoms with Crippen LogP contribution in [0.3, 0.4) is 0 Å². The molecule has 0 spiro atoms. The fourth-order valence-electron chi connectivity index (χ4n) is 1.99. The maximum Gasteiger partial charge on any atom is 0.255 e. The first kappa shape index (κ1) is 17.9. The lowest BCUT2D eigenvalue weighted by molar-refractivity contribution is 0.102. The normalized spacial score (nSPS) is 10.5. The van der Waals surface area contributed by atoms with E-state index in [0.29, 0.717) is 34.6 Å². The Hall–Kier alpha value is -2.40. The third-order valence-corrected chi connectivity index (χ3v) is 3.44. The van der Waals surface area contributed by atoms with Crippen molar-refractivity contribution in [2.75, 3.05) is 19.0 Å². The Morgan fingerprint density at radius 3 is 2.62 bits per heavy atom. The summed E-state index contributed by atoms with van der Waals surface area (Å²) in [6, 6.07) is 9.35. The van der Waals surface area contributed by atoms with Gasteiger partial charge >= 0.3 is 0 Å². The molecule has 5 nitrogen and oxygen atoms in total. The summed E-state index contributed by atoms with van der Waals surface area (Å²) >= 11 is 5.88. The Kier molecular flexibility index (Phi) is 5.93. The van der Waals surface area contributed by atoms with Crippen molar-refractivity contribution in [3.05, 3.63) is 47.0 Å². The molecule has 0 saturated carbocycles. The summed E-state index contributed by atoms with van der Waals surface area (Å²) in [6.45, 7) is 4.65. The van der Waals surface area contributed by atoms with Crippen LogP contribution in [0.25, 0.3) is 0 Å². The van der Waals surface area contributed by atoms with Gasteiger partial charge in [-0.05, 0) is 42.3 Å². The first-order valence-electron chi connectivity index (χ1n) is 7.51. The lowest BCUT2D eigenvalue weighted by Gasteiger charge is -2.14. The third kappa shape index (κ3) is 4.55. The zero-order valence-electron chi connectivity index (χ0n) is 13.8. The summed E-state index contributed by atoms with van der Waals surface area (Å²) in [5.41, 5.74) is 0.620. The highest BCUT2D eigenvalue weighted by Crippen LogP contribution is 2.30. The van der Waals surface area contributed by atoms with E-state index < -0.39 is 0 Å². The van der Waals surface area contributed by atoms with Crippen molar-refractivity contribution in [3.63, 3.8) is 0 Å². The number of aromatic hydroxyl groups is 1. The quantitative estimate of drug-likeness (QED) is 0.761. The van der Waals surface area contributed by atoms with Crippen LogP contribution < -0.4 is 14.8 Å². The molecular formula is C18H20ClNO4. The number of phenols is 1. The van der Waals surface area contributed by atoms with Gasteiger partial charge in [-0.15, -0.1) is 0 Å². The number of hydrogen-bond donors (Lipinski definition) is 2. The van der Waals surface area contributed by atoms with Crippen molar-refractivity contribution in [3.8, 4) is 17.2 Å². The molecule has 2 aromatic carbocycles. The highest BCUT2D eigenvalue weighted by atomic mass is 35.5. The zero-order chi connectivity index (χ0) is 17.7. The molecule has 2 rings (SSSR count). The SMILES string of the molecule is COc1cc(C(=O)Nc2cc(Cl)ccc2O)ccc1OCC(C)C. The van der Waals surface area contributed by atoms with E-state index in [0.717, 1.165) is 0 Å². The van der Waals surface area contributed by atoms with E-state index in [2.05, 4.69) is 5.32 Å². The Morgan fingerprint density at radius 1 is 1.21 bits per heavy atom. The minimum Gasteiger partial charge on any atom is -0.506 e. The number of phenolic OH excluding ortho intramolecular Hbond substituents is 1. The summed E-state index contributed by atoms with van der Waals surface area (Å²) < 4.78 is 10.9. The van der Waals surface area contributed by atoms with E-state index >= 15 is 0 Å². The first-order chi connectivity index (χ1) is 11.4. The molecule has 0 heterocycles. The van der Waals surface area contributed by atoms with Crippen LogP contribution in [0.2, 0.25) is 5.02 Å². The largest absolute Gasteiger partial charge is 0.506 e. The molecule has 0 atom stereocenters. The van der Waals surface area contributed by atoms with Gasteiger partial charge in [-0.25, -0.2) is 0 Å². The number of methoxy groups -OCH3 is 1. The fraction of sp³-hybridized carbons (Fsp3) is 0.278. The minimum atomic E-state index is -0.388. The van der Waals surface area contributed by atoms with Crippen LogP contribution in [0.4, 0.5) is 5.69 Å². The Labute approximate surface area is 146 Å². The van der Waals surface area contributed by atoms with Crippen molar-refractivity contribution < 1.29 is 19.4 Å². The Bertz CT molecular complexity index is 731. The predicted octanol–water partition coefficient (Wildman–Crippen LogP) is 4.34. The van der Waals surface area contributed by atoms with Gasteiger partial charge in [-0.1, -0.05) is 25.4 Å². The van der Waals surface area contributed by atoms with Crippen molar-refractivity contribution >= 4 is 23.2 Å². The highest BCUT2D eigenvalue weighted by Gasteiger charge is 2.13. The van der Waals surface area contributed by atoms with E-state index in [1.807, 2.05) is 13.8 Å². The van der Waals surface area contributed by atoms with Crippen molar-refractivity contribution in [1.29, 1.82) is 0 Å². The van der Waals surface area contributed by atoms with E-state index in [4.69, 9.17) is 21.1 Å². The van der Waals surface area contributed by atoms with Crippen LogP contribution in [0.15, 0.2) is 36.4 Å². The summed E-state index contributed by atoms with van der Waals surface area (Å²) in [5.74, 6) is 0.980. The summed E-state index contributed by atoms with van der Waals surface area (Å²) in [7, 11) is 1.52. The maximum absolute atomic E-state index is 12.4. The number of amides is 1. The molecule has 0 aromatic heterocycles. The number of carbonyl (C=O) groups is 1. The molecule has 24 heavy (non-hydrogen) atoms. The van der Waals surface area contributed by atoms with E-state index in [9.17, 15) is 9.90 Å². The molecule has 6 heteroatoms. The van der Waals surface area contributed by atoms with Gasteiger partial charge in [0.2, 0.25) is 0 Å². The smallest absolute Gasteiger partial charge is 0.255 e. The molecule has 0 saturated heterocycles. The number of carbonyl (C=O) groups excluding carboxylic acids is 1. The van der Waals surface area contributed by atoms with Crippen molar-refractivity contribution in [1.82, 2.24) is 0 Å². The minimum absolute atomic E-state index is 0.0587. The standard InChI is InChI=1S/C18H20ClNO4/c1-11(2)10-24-16-7-4-12(8-17(16)23-3)18(22)20-14-9-13(19)5-6-15(14)21/h4-9,11,21H,10H2,1-3H3,(H,20,22). The average molecular weight is 350 g/mol. The monoisotopic (exact) mass is 349 g/mol. The maximum atomic E-state index is 12.4. The van der Waals surface area contributed by atoms with Gasteiger partial charge in [0, 0.05) is 10.6 Å². The van der Waals surface area contributed by atoms with Gasteiger partial charge in [0.05, 0.1) is 19.4 Å². The molecule has 0 unspecified atom stereocenters. The molecule has 0 aliphatic carbocycles. The second-order valence-corrected chi connectivity index (χ2v) is 6.12. The van der Waals surface area contributed by atoms with Crippen molar-refractivity contribution in [2.24, 2.45) is 5.92 Å². The molecule has 128 valence electrons. The van der Waals surface area contributed by atoms with Crippen LogP contribution >= 0.6 is 11.6 Å². The summed E-state index contributed by atoms with van der Waals surface area (Å²) in [4.78, 5) is 12.4. The lowest BCUT2D eigenvalue weighted by Crippen LogP contribution is -2.12. The highest BCUT2D eigenvalue weighted by molar-refractivity contribution is 6.31. The molecule has 0 aliphatic heterocycles. The van der Waals surface area contributed by atoms with E-state index in [1.165, 1.54) is 25.3 Å². The molecule has 1 amide bonds. The van der Waals surface area contributed by atoms with Gasteiger partial charge in [0.25, 0.3) is 5.91 Å².